The normalized spacial score (nSPS) is 16.2. The first-order chi connectivity index (χ1) is 13.7. The second kappa shape index (κ2) is 8.36. The van der Waals surface area contributed by atoms with E-state index < -0.39 is 22.2 Å². The number of hydrogen-bond acceptors (Lipinski definition) is 4. The van der Waals surface area contributed by atoms with E-state index in [1.807, 2.05) is 12.1 Å². The second-order valence-corrected chi connectivity index (χ2v) is 8.46. The third-order valence-electron chi connectivity index (χ3n) is 4.95. The number of likely N-dealkylation sites (tertiary alicyclic amines) is 1. The minimum absolute atomic E-state index is 0.174. The molecule has 1 fully saturated rings. The summed E-state index contributed by atoms with van der Waals surface area (Å²) in [5, 5.41) is 18.3. The number of nitriles is 2. The Hall–Kier alpha value is -2.06. The van der Waals surface area contributed by atoms with Crippen molar-refractivity contribution in [2.45, 2.75) is 34.2 Å². The number of rotatable bonds is 3. The van der Waals surface area contributed by atoms with Crippen LogP contribution in [0.4, 0.5) is 13.2 Å². The molecule has 0 atom stereocenters. The molecule has 1 heterocycles. The molecule has 0 bridgehead atoms. The summed E-state index contributed by atoms with van der Waals surface area (Å²) in [4.78, 5) is 2.70. The molecule has 3 nitrogen and oxygen atoms in total. The molecular formula is C20H14Cl2F3N3S. The van der Waals surface area contributed by atoms with Gasteiger partial charge >= 0.3 is 6.18 Å². The Morgan fingerprint density at radius 2 is 1.62 bits per heavy atom. The number of nitrogens with zero attached hydrogens (tertiary/aromatic N) is 3. The predicted molar refractivity (Wildman–Crippen MR) is 106 cm³/mol. The van der Waals surface area contributed by atoms with Crippen LogP contribution in [-0.2, 0) is 11.6 Å². The van der Waals surface area contributed by atoms with Crippen LogP contribution < -0.4 is 0 Å². The molecule has 0 unspecified atom stereocenters. The van der Waals surface area contributed by atoms with Crippen molar-refractivity contribution in [1.82, 2.24) is 4.90 Å². The van der Waals surface area contributed by atoms with Gasteiger partial charge in [0.2, 0.25) is 0 Å². The Morgan fingerprint density at radius 3 is 2.21 bits per heavy atom. The van der Waals surface area contributed by atoms with Gasteiger partial charge in [-0.3, -0.25) is 0 Å². The fraction of sp³-hybridized carbons (Fsp3) is 0.300. The summed E-state index contributed by atoms with van der Waals surface area (Å²) in [6, 6.07) is 11.8. The van der Waals surface area contributed by atoms with Crippen molar-refractivity contribution in [1.29, 1.82) is 10.5 Å². The highest BCUT2D eigenvalue weighted by Gasteiger charge is 2.38. The molecule has 1 aliphatic rings. The molecule has 3 rings (SSSR count). The molecule has 2 aromatic rings. The largest absolute Gasteiger partial charge is 0.417 e. The van der Waals surface area contributed by atoms with E-state index in [9.17, 15) is 18.4 Å². The molecule has 1 saturated heterocycles. The van der Waals surface area contributed by atoms with Crippen molar-refractivity contribution >= 4 is 35.0 Å². The van der Waals surface area contributed by atoms with E-state index in [-0.39, 0.29) is 5.02 Å². The van der Waals surface area contributed by atoms with E-state index in [0.29, 0.717) is 30.8 Å². The highest BCUT2D eigenvalue weighted by atomic mass is 35.5. The van der Waals surface area contributed by atoms with Gasteiger partial charge in [0, 0.05) is 22.9 Å². The van der Waals surface area contributed by atoms with Crippen LogP contribution in [0.5, 0.6) is 0 Å². The first kappa shape index (κ1) is 21.6. The lowest BCUT2D eigenvalue weighted by atomic mass is 9.74. The maximum atomic E-state index is 13.0. The van der Waals surface area contributed by atoms with Crippen molar-refractivity contribution in [3.8, 4) is 12.3 Å². The molecule has 0 saturated carbocycles. The lowest BCUT2D eigenvalue weighted by Crippen LogP contribution is -2.40. The Bertz CT molecular complexity index is 1000. The van der Waals surface area contributed by atoms with Crippen LogP contribution in [0.25, 0.3) is 0 Å². The molecule has 150 valence electrons. The molecule has 0 amide bonds. The lowest BCUT2D eigenvalue weighted by Gasteiger charge is -2.36. The minimum Gasteiger partial charge on any atom is -0.311 e. The third-order valence-corrected chi connectivity index (χ3v) is 7.08. The van der Waals surface area contributed by atoms with Gasteiger partial charge in [0.15, 0.2) is 6.19 Å². The van der Waals surface area contributed by atoms with E-state index in [2.05, 4.69) is 12.3 Å². The highest BCUT2D eigenvalue weighted by Crippen LogP contribution is 2.47. The van der Waals surface area contributed by atoms with Crippen LogP contribution in [0.15, 0.2) is 46.2 Å². The molecule has 9 heteroatoms. The zero-order valence-corrected chi connectivity index (χ0v) is 17.3. The van der Waals surface area contributed by atoms with Gasteiger partial charge in [-0.25, -0.2) is 0 Å². The smallest absolute Gasteiger partial charge is 0.311 e. The van der Waals surface area contributed by atoms with E-state index in [1.165, 1.54) is 17.8 Å². The van der Waals surface area contributed by atoms with Crippen molar-refractivity contribution in [2.24, 2.45) is 0 Å². The van der Waals surface area contributed by atoms with Crippen LogP contribution in [0.2, 0.25) is 10.0 Å². The van der Waals surface area contributed by atoms with Crippen molar-refractivity contribution < 1.29 is 13.2 Å². The van der Waals surface area contributed by atoms with E-state index in [1.54, 1.807) is 17.0 Å². The summed E-state index contributed by atoms with van der Waals surface area (Å²) < 4.78 is 39.1. The van der Waals surface area contributed by atoms with Crippen LogP contribution in [0.3, 0.4) is 0 Å². The topological polar surface area (TPSA) is 50.8 Å². The zero-order valence-electron chi connectivity index (χ0n) is 14.9. The molecule has 0 radical (unpaired) electrons. The summed E-state index contributed by atoms with van der Waals surface area (Å²) >= 11 is 13.2. The van der Waals surface area contributed by atoms with Crippen LogP contribution in [0.1, 0.15) is 24.0 Å². The molecule has 29 heavy (non-hydrogen) atoms. The molecule has 0 aromatic heterocycles. The maximum absolute atomic E-state index is 13.0. The minimum atomic E-state index is -4.60. The standard InChI is InChI=1S/C20H14Cl2F3N3S/c21-17-14(20(23,24)25)5-6-16(18(17)22)29-15-4-2-1-3-13(15)19(11-26)7-9-28(12-27)10-8-19/h1-6H,7-10H2. The number of halogens is 5. The van der Waals surface area contributed by atoms with Gasteiger partial charge in [0.1, 0.15) is 0 Å². The monoisotopic (exact) mass is 455 g/mol. The summed E-state index contributed by atoms with van der Waals surface area (Å²) in [5.41, 5.74) is -0.990. The molecule has 0 N–H and O–H groups in total. The number of piperidine rings is 1. The van der Waals surface area contributed by atoms with Crippen LogP contribution in [0, 0.1) is 22.8 Å². The Kier molecular flexibility index (Phi) is 6.24. The summed E-state index contributed by atoms with van der Waals surface area (Å²) in [6.45, 7) is 0.936. The fourth-order valence-electron chi connectivity index (χ4n) is 3.33. The van der Waals surface area contributed by atoms with E-state index in [4.69, 9.17) is 28.5 Å². The van der Waals surface area contributed by atoms with Gasteiger partial charge in [-0.05, 0) is 36.6 Å². The first-order valence-electron chi connectivity index (χ1n) is 8.60. The molecule has 2 aromatic carbocycles. The summed E-state index contributed by atoms with van der Waals surface area (Å²) in [6.07, 6.45) is -1.53. The predicted octanol–water partition coefficient (Wildman–Crippen LogP) is 6.50. The van der Waals surface area contributed by atoms with Crippen LogP contribution in [-0.4, -0.2) is 18.0 Å². The fourth-order valence-corrected chi connectivity index (χ4v) is 5.02. The second-order valence-electron chi connectivity index (χ2n) is 6.62. The quantitative estimate of drug-likeness (QED) is 0.495. The average Bonchev–Trinajstić information content (AvgIpc) is 2.71. The van der Waals surface area contributed by atoms with Crippen LogP contribution >= 0.6 is 35.0 Å². The van der Waals surface area contributed by atoms with Crippen molar-refractivity contribution in [3.05, 3.63) is 57.6 Å². The van der Waals surface area contributed by atoms with Gasteiger partial charge in [-0.2, -0.15) is 23.7 Å². The van der Waals surface area contributed by atoms with Crippen molar-refractivity contribution in [2.75, 3.05) is 13.1 Å². The van der Waals surface area contributed by atoms with Gasteiger partial charge in [0.05, 0.1) is 27.1 Å². The van der Waals surface area contributed by atoms with E-state index >= 15 is 0 Å². The van der Waals surface area contributed by atoms with Gasteiger partial charge in [-0.1, -0.05) is 53.2 Å². The van der Waals surface area contributed by atoms with Crippen molar-refractivity contribution in [3.63, 3.8) is 0 Å². The molecular weight excluding hydrogens is 442 g/mol. The summed E-state index contributed by atoms with van der Waals surface area (Å²) in [5.74, 6) is 0. The molecule has 0 spiro atoms. The van der Waals surface area contributed by atoms with Gasteiger partial charge < -0.3 is 4.90 Å². The van der Waals surface area contributed by atoms with E-state index in [0.717, 1.165) is 16.5 Å². The first-order valence-corrected chi connectivity index (χ1v) is 10.2. The zero-order chi connectivity index (χ0) is 21.2. The lowest BCUT2D eigenvalue weighted by molar-refractivity contribution is -0.137. The Balaban J connectivity index is 1.98. The Labute approximate surface area is 180 Å². The Morgan fingerprint density at radius 1 is 0.966 bits per heavy atom. The molecule has 1 aliphatic heterocycles. The SMILES string of the molecule is N#CN1CCC(C#N)(c2ccccc2Sc2ccc(C(F)(F)F)c(Cl)c2Cl)CC1. The van der Waals surface area contributed by atoms with Gasteiger partial charge in [-0.15, -0.1) is 0 Å². The number of hydrogen-bond donors (Lipinski definition) is 0. The number of benzene rings is 2. The number of alkyl halides is 3. The highest BCUT2D eigenvalue weighted by molar-refractivity contribution is 7.99. The van der Waals surface area contributed by atoms with Gasteiger partial charge in [0.25, 0.3) is 0 Å². The third kappa shape index (κ3) is 4.28. The summed E-state index contributed by atoms with van der Waals surface area (Å²) in [7, 11) is 0. The average molecular weight is 456 g/mol. The molecule has 0 aliphatic carbocycles. The maximum Gasteiger partial charge on any atom is 0.417 e.